The molecule has 0 aliphatic rings. The van der Waals surface area contributed by atoms with Gasteiger partial charge in [0.1, 0.15) is 12.3 Å². The second kappa shape index (κ2) is 11.9. The molecule has 0 aromatic heterocycles. The van der Waals surface area contributed by atoms with Crippen LogP contribution < -0.4 is 14.4 Å². The summed E-state index contributed by atoms with van der Waals surface area (Å²) in [5.74, 6) is -0.0127. The van der Waals surface area contributed by atoms with Gasteiger partial charge in [-0.15, -0.1) is 0 Å². The first-order valence-corrected chi connectivity index (χ1v) is 12.9. The van der Waals surface area contributed by atoms with Crippen LogP contribution in [0.1, 0.15) is 17.5 Å². The first-order valence-electron chi connectivity index (χ1n) is 11.1. The van der Waals surface area contributed by atoms with Gasteiger partial charge in [-0.05, 0) is 61.7 Å². The Morgan fingerprint density at radius 3 is 2.44 bits per heavy atom. The van der Waals surface area contributed by atoms with Crippen LogP contribution in [0.2, 0.25) is 5.02 Å². The number of anilines is 1. The number of hydrogen-bond acceptors (Lipinski definition) is 6. The minimum Gasteiger partial charge on any atom is -0.497 e. The zero-order valence-corrected chi connectivity index (χ0v) is 21.4. The van der Waals surface area contributed by atoms with E-state index in [1.807, 2.05) is 18.2 Å². The van der Waals surface area contributed by atoms with E-state index in [0.29, 0.717) is 35.7 Å². The molecule has 0 aliphatic carbocycles. The molecular formula is C25H26ClN3O6S. The molecule has 0 aliphatic heterocycles. The number of rotatable bonds is 11. The van der Waals surface area contributed by atoms with Crippen molar-refractivity contribution >= 4 is 38.9 Å². The lowest BCUT2D eigenvalue weighted by molar-refractivity contribution is -0.385. The maximum atomic E-state index is 13.5. The van der Waals surface area contributed by atoms with Gasteiger partial charge >= 0.3 is 0 Å². The average Bonchev–Trinajstić information content (AvgIpc) is 2.86. The molecule has 0 radical (unpaired) electrons. The number of sulfonamides is 1. The molecule has 0 bridgehead atoms. The highest BCUT2D eigenvalue weighted by Gasteiger charge is 2.29. The maximum Gasteiger partial charge on any atom is 0.273 e. The van der Waals surface area contributed by atoms with Crippen LogP contribution in [-0.2, 0) is 21.2 Å². The van der Waals surface area contributed by atoms with E-state index in [4.69, 9.17) is 16.3 Å². The molecule has 0 atom stereocenters. The Bertz CT molecular complexity index is 1350. The van der Waals surface area contributed by atoms with Crippen molar-refractivity contribution in [2.24, 2.45) is 0 Å². The largest absolute Gasteiger partial charge is 0.497 e. The summed E-state index contributed by atoms with van der Waals surface area (Å²) in [7, 11) is -2.83. The molecular weight excluding hydrogens is 506 g/mol. The van der Waals surface area contributed by atoms with E-state index in [9.17, 15) is 23.3 Å². The Hall–Kier alpha value is -3.63. The summed E-state index contributed by atoms with van der Waals surface area (Å²) in [6, 6.07) is 17.2. The van der Waals surface area contributed by atoms with Crippen molar-refractivity contribution in [2.75, 3.05) is 24.5 Å². The van der Waals surface area contributed by atoms with Crippen molar-refractivity contribution in [2.45, 2.75) is 24.7 Å². The number of nitro benzene ring substituents is 1. The topological polar surface area (TPSA) is 119 Å². The van der Waals surface area contributed by atoms with Gasteiger partial charge in [0.15, 0.2) is 0 Å². The summed E-state index contributed by atoms with van der Waals surface area (Å²) in [4.78, 5) is 23.2. The van der Waals surface area contributed by atoms with Gasteiger partial charge in [0.25, 0.3) is 15.7 Å². The number of benzene rings is 3. The Morgan fingerprint density at radius 2 is 1.81 bits per heavy atom. The van der Waals surface area contributed by atoms with Gasteiger partial charge in [-0.1, -0.05) is 35.9 Å². The number of ether oxygens (including phenoxy) is 1. The predicted octanol–water partition coefficient (Wildman–Crippen LogP) is 4.51. The highest BCUT2D eigenvalue weighted by Crippen LogP contribution is 2.29. The first-order chi connectivity index (χ1) is 17.1. The van der Waals surface area contributed by atoms with Crippen LogP contribution in [0.25, 0.3) is 0 Å². The molecule has 0 heterocycles. The number of amides is 1. The SMILES string of the molecule is COc1ccc(N(CC(=O)NCCCc2ccccc2Cl)S(=O)(=O)c2ccc(C)c([N+](=O)[O-])c2)cc1. The summed E-state index contributed by atoms with van der Waals surface area (Å²) >= 11 is 6.16. The second-order valence-electron chi connectivity index (χ2n) is 7.96. The van der Waals surface area contributed by atoms with E-state index in [0.717, 1.165) is 15.9 Å². The Kier molecular flexibility index (Phi) is 8.89. The summed E-state index contributed by atoms with van der Waals surface area (Å²) in [5, 5.41) is 14.8. The zero-order chi connectivity index (χ0) is 26.3. The van der Waals surface area contributed by atoms with E-state index in [1.54, 1.807) is 18.2 Å². The van der Waals surface area contributed by atoms with E-state index >= 15 is 0 Å². The number of carbonyl (C=O) groups excluding carboxylic acids is 1. The van der Waals surface area contributed by atoms with Crippen molar-refractivity contribution in [3.8, 4) is 5.75 Å². The fraction of sp³-hybridized carbons (Fsp3) is 0.240. The lowest BCUT2D eigenvalue weighted by atomic mass is 10.1. The lowest BCUT2D eigenvalue weighted by Crippen LogP contribution is -2.41. The van der Waals surface area contributed by atoms with Gasteiger partial charge in [0.2, 0.25) is 5.91 Å². The number of nitro groups is 1. The molecule has 1 amide bonds. The third kappa shape index (κ3) is 6.52. The van der Waals surface area contributed by atoms with Crippen LogP contribution in [0.4, 0.5) is 11.4 Å². The van der Waals surface area contributed by atoms with Gasteiger partial charge in [-0.3, -0.25) is 19.2 Å². The third-order valence-electron chi connectivity index (χ3n) is 5.52. The Balaban J connectivity index is 1.81. The van der Waals surface area contributed by atoms with E-state index in [1.165, 1.54) is 38.3 Å². The number of carbonyl (C=O) groups is 1. The number of methoxy groups -OCH3 is 1. The molecule has 0 saturated carbocycles. The number of halogens is 1. The third-order valence-corrected chi connectivity index (χ3v) is 7.65. The highest BCUT2D eigenvalue weighted by atomic mass is 35.5. The van der Waals surface area contributed by atoms with Crippen LogP contribution in [0.3, 0.4) is 0 Å². The van der Waals surface area contributed by atoms with Crippen LogP contribution in [0.15, 0.2) is 71.6 Å². The second-order valence-corrected chi connectivity index (χ2v) is 10.2. The molecule has 190 valence electrons. The standard InChI is InChI=1S/C25H26ClN3O6S/c1-18-9-14-22(16-24(18)29(31)32)36(33,34)28(20-10-12-21(35-2)13-11-20)17-25(30)27-15-5-7-19-6-3-4-8-23(19)26/h3-4,6,8-14,16H,5,7,15,17H2,1-2H3,(H,27,30). The van der Waals surface area contributed by atoms with Gasteiger partial charge in [0.05, 0.1) is 22.6 Å². The lowest BCUT2D eigenvalue weighted by Gasteiger charge is -2.24. The zero-order valence-electron chi connectivity index (χ0n) is 19.8. The summed E-state index contributed by atoms with van der Waals surface area (Å²) in [6.45, 7) is 1.32. The quantitative estimate of drug-likeness (QED) is 0.221. The minimum atomic E-state index is -4.31. The van der Waals surface area contributed by atoms with Gasteiger partial charge in [-0.2, -0.15) is 0 Å². The average molecular weight is 532 g/mol. The van der Waals surface area contributed by atoms with Gasteiger partial charge < -0.3 is 10.1 Å². The van der Waals surface area contributed by atoms with Crippen molar-refractivity contribution in [3.05, 3.63) is 93.0 Å². The van der Waals surface area contributed by atoms with Crippen LogP contribution in [0.5, 0.6) is 5.75 Å². The van der Waals surface area contributed by atoms with Crippen molar-refractivity contribution < 1.29 is 22.9 Å². The van der Waals surface area contributed by atoms with Crippen molar-refractivity contribution in [3.63, 3.8) is 0 Å². The number of nitrogens with zero attached hydrogens (tertiary/aromatic N) is 2. The highest BCUT2D eigenvalue weighted by molar-refractivity contribution is 7.92. The number of nitrogens with one attached hydrogen (secondary N) is 1. The van der Waals surface area contributed by atoms with E-state index < -0.39 is 27.4 Å². The predicted molar refractivity (Wildman–Crippen MR) is 138 cm³/mol. The maximum absolute atomic E-state index is 13.5. The van der Waals surface area contributed by atoms with E-state index in [-0.39, 0.29) is 16.3 Å². The summed E-state index contributed by atoms with van der Waals surface area (Å²) < 4.78 is 33.1. The molecule has 0 unspecified atom stereocenters. The molecule has 36 heavy (non-hydrogen) atoms. The molecule has 11 heteroatoms. The molecule has 3 aromatic carbocycles. The van der Waals surface area contributed by atoms with Crippen molar-refractivity contribution in [1.82, 2.24) is 5.32 Å². The monoisotopic (exact) mass is 531 g/mol. The first kappa shape index (κ1) is 27.0. The molecule has 1 N–H and O–H groups in total. The molecule has 0 spiro atoms. The molecule has 0 saturated heterocycles. The van der Waals surface area contributed by atoms with Crippen LogP contribution in [0, 0.1) is 17.0 Å². The number of hydrogen-bond donors (Lipinski definition) is 1. The minimum absolute atomic E-state index is 0.213. The fourth-order valence-corrected chi connectivity index (χ4v) is 5.20. The van der Waals surface area contributed by atoms with Crippen LogP contribution in [-0.4, -0.2) is 39.4 Å². The molecule has 3 rings (SSSR count). The van der Waals surface area contributed by atoms with Crippen molar-refractivity contribution in [1.29, 1.82) is 0 Å². The Labute approximate surface area is 214 Å². The summed E-state index contributed by atoms with van der Waals surface area (Å²) in [5.41, 5.74) is 1.17. The summed E-state index contributed by atoms with van der Waals surface area (Å²) in [6.07, 6.45) is 1.25. The Morgan fingerprint density at radius 1 is 1.11 bits per heavy atom. The van der Waals surface area contributed by atoms with Gasteiger partial charge in [0, 0.05) is 23.2 Å². The number of aryl methyl sites for hydroxylation is 2. The molecule has 3 aromatic rings. The smallest absolute Gasteiger partial charge is 0.273 e. The van der Waals surface area contributed by atoms with Gasteiger partial charge in [-0.25, -0.2) is 8.42 Å². The molecule has 0 fully saturated rings. The fourth-order valence-electron chi connectivity index (χ4n) is 3.53. The van der Waals surface area contributed by atoms with E-state index in [2.05, 4.69) is 5.32 Å². The molecule has 9 nitrogen and oxygen atoms in total. The van der Waals surface area contributed by atoms with Crippen LogP contribution >= 0.6 is 11.6 Å². The normalized spacial score (nSPS) is 11.1.